The molecule has 2 aliphatic rings. The molecule has 3 nitrogen and oxygen atoms in total. The standard InChI is InChI=1S/C21H25N3/c1-23(2)13-8-14-24-21(16-9-4-3-5-10-16)19-15-17-11-6-7-12-18(17)20(19)22-24/h3-7,9-12,19,21H,8,13-15H2,1-2H3. The van der Waals surface area contributed by atoms with Crippen molar-refractivity contribution < 1.29 is 0 Å². The van der Waals surface area contributed by atoms with Gasteiger partial charge in [0.15, 0.2) is 0 Å². The highest BCUT2D eigenvalue weighted by Gasteiger charge is 2.42. The van der Waals surface area contributed by atoms with Gasteiger partial charge >= 0.3 is 0 Å². The molecule has 2 atom stereocenters. The molecule has 4 rings (SSSR count). The first-order valence-corrected chi connectivity index (χ1v) is 8.87. The molecule has 1 aliphatic carbocycles. The highest BCUT2D eigenvalue weighted by molar-refractivity contribution is 6.07. The Morgan fingerprint density at radius 3 is 2.58 bits per heavy atom. The summed E-state index contributed by atoms with van der Waals surface area (Å²) in [4.78, 5) is 2.25. The summed E-state index contributed by atoms with van der Waals surface area (Å²) in [6.07, 6.45) is 2.25. The molecule has 0 spiro atoms. The number of hydrogen-bond acceptors (Lipinski definition) is 3. The molecule has 2 aromatic rings. The van der Waals surface area contributed by atoms with Crippen molar-refractivity contribution in [3.63, 3.8) is 0 Å². The van der Waals surface area contributed by atoms with Crippen molar-refractivity contribution in [2.24, 2.45) is 11.0 Å². The minimum Gasteiger partial charge on any atom is -0.309 e. The Morgan fingerprint density at radius 2 is 1.79 bits per heavy atom. The van der Waals surface area contributed by atoms with Gasteiger partial charge in [0.05, 0.1) is 11.8 Å². The van der Waals surface area contributed by atoms with Crippen molar-refractivity contribution >= 4 is 5.71 Å². The summed E-state index contributed by atoms with van der Waals surface area (Å²) in [5, 5.41) is 7.42. The first kappa shape index (κ1) is 15.4. The SMILES string of the molecule is CN(C)CCCN1N=C2c3ccccc3CC2C1c1ccccc1. The third-order valence-electron chi connectivity index (χ3n) is 5.16. The highest BCUT2D eigenvalue weighted by atomic mass is 15.5. The summed E-state index contributed by atoms with van der Waals surface area (Å²) in [5.74, 6) is 0.490. The van der Waals surface area contributed by atoms with Crippen LogP contribution in [0.2, 0.25) is 0 Å². The lowest BCUT2D eigenvalue weighted by molar-refractivity contribution is 0.192. The lowest BCUT2D eigenvalue weighted by atomic mass is 9.90. The molecule has 0 aromatic heterocycles. The zero-order valence-electron chi connectivity index (χ0n) is 14.5. The van der Waals surface area contributed by atoms with Crippen molar-refractivity contribution in [2.45, 2.75) is 18.9 Å². The van der Waals surface area contributed by atoms with Gasteiger partial charge in [-0.2, -0.15) is 5.10 Å². The van der Waals surface area contributed by atoms with E-state index in [-0.39, 0.29) is 0 Å². The van der Waals surface area contributed by atoms with E-state index in [1.165, 1.54) is 22.4 Å². The summed E-state index contributed by atoms with van der Waals surface area (Å²) in [6.45, 7) is 2.12. The fourth-order valence-electron chi connectivity index (χ4n) is 4.07. The Kier molecular flexibility index (Phi) is 4.11. The Balaban J connectivity index is 1.64. The minimum atomic E-state index is 0.371. The second-order valence-corrected chi connectivity index (χ2v) is 7.13. The van der Waals surface area contributed by atoms with Crippen molar-refractivity contribution in [1.29, 1.82) is 0 Å². The zero-order valence-corrected chi connectivity index (χ0v) is 14.5. The Morgan fingerprint density at radius 1 is 1.04 bits per heavy atom. The predicted molar refractivity (Wildman–Crippen MR) is 99.2 cm³/mol. The number of benzene rings is 2. The van der Waals surface area contributed by atoms with Crippen LogP contribution in [0.25, 0.3) is 0 Å². The van der Waals surface area contributed by atoms with Gasteiger partial charge in [-0.15, -0.1) is 0 Å². The Labute approximate surface area is 144 Å². The molecular weight excluding hydrogens is 294 g/mol. The Bertz CT molecular complexity index is 736. The van der Waals surface area contributed by atoms with Crippen LogP contribution in [-0.4, -0.2) is 42.8 Å². The van der Waals surface area contributed by atoms with Gasteiger partial charge in [-0.25, -0.2) is 0 Å². The van der Waals surface area contributed by atoms with Crippen LogP contribution >= 0.6 is 0 Å². The van der Waals surface area contributed by atoms with Gasteiger partial charge in [-0.05, 0) is 44.6 Å². The van der Waals surface area contributed by atoms with Crippen LogP contribution in [0.3, 0.4) is 0 Å². The van der Waals surface area contributed by atoms with Gasteiger partial charge in [0.25, 0.3) is 0 Å². The van der Waals surface area contributed by atoms with E-state index in [0.717, 1.165) is 25.9 Å². The van der Waals surface area contributed by atoms with Gasteiger partial charge < -0.3 is 4.90 Å². The molecule has 2 aromatic carbocycles. The maximum atomic E-state index is 5.08. The molecule has 1 aliphatic heterocycles. The molecular formula is C21H25N3. The topological polar surface area (TPSA) is 18.8 Å². The van der Waals surface area contributed by atoms with Crippen molar-refractivity contribution in [3.8, 4) is 0 Å². The quantitative estimate of drug-likeness (QED) is 0.839. The average molecular weight is 319 g/mol. The van der Waals surface area contributed by atoms with Crippen LogP contribution in [0.4, 0.5) is 0 Å². The van der Waals surface area contributed by atoms with Gasteiger partial charge in [0.1, 0.15) is 0 Å². The molecule has 0 saturated heterocycles. The van der Waals surface area contributed by atoms with E-state index in [1.807, 2.05) is 0 Å². The molecule has 24 heavy (non-hydrogen) atoms. The molecule has 1 heterocycles. The smallest absolute Gasteiger partial charge is 0.0807 e. The monoisotopic (exact) mass is 319 g/mol. The lowest BCUT2D eigenvalue weighted by Crippen LogP contribution is -2.28. The van der Waals surface area contributed by atoms with Crippen LogP contribution in [0.5, 0.6) is 0 Å². The summed E-state index contributed by atoms with van der Waals surface area (Å²) < 4.78 is 0. The summed E-state index contributed by atoms with van der Waals surface area (Å²) in [7, 11) is 4.27. The van der Waals surface area contributed by atoms with E-state index in [2.05, 4.69) is 78.6 Å². The van der Waals surface area contributed by atoms with Gasteiger partial charge in [0, 0.05) is 18.0 Å². The minimum absolute atomic E-state index is 0.371. The van der Waals surface area contributed by atoms with Crippen LogP contribution in [0.15, 0.2) is 59.7 Å². The summed E-state index contributed by atoms with van der Waals surface area (Å²) >= 11 is 0. The van der Waals surface area contributed by atoms with Crippen molar-refractivity contribution in [2.75, 3.05) is 27.2 Å². The van der Waals surface area contributed by atoms with E-state index < -0.39 is 0 Å². The number of nitrogens with zero attached hydrogens (tertiary/aromatic N) is 3. The molecule has 124 valence electrons. The zero-order chi connectivity index (χ0) is 16.5. The van der Waals surface area contributed by atoms with Crippen molar-refractivity contribution in [3.05, 3.63) is 71.3 Å². The third-order valence-corrected chi connectivity index (χ3v) is 5.16. The molecule has 3 heteroatoms. The molecule has 0 N–H and O–H groups in total. The van der Waals surface area contributed by atoms with Crippen LogP contribution in [0, 0.1) is 5.92 Å². The number of hydrazone groups is 1. The lowest BCUT2D eigenvalue weighted by Gasteiger charge is -2.28. The molecule has 0 radical (unpaired) electrons. The fourth-order valence-corrected chi connectivity index (χ4v) is 4.07. The highest BCUT2D eigenvalue weighted by Crippen LogP contribution is 2.44. The van der Waals surface area contributed by atoms with Gasteiger partial charge in [-0.1, -0.05) is 54.6 Å². The maximum absolute atomic E-state index is 5.08. The van der Waals surface area contributed by atoms with Gasteiger partial charge in [-0.3, -0.25) is 5.01 Å². The van der Waals surface area contributed by atoms with Crippen LogP contribution in [0.1, 0.15) is 29.2 Å². The number of rotatable bonds is 5. The van der Waals surface area contributed by atoms with Gasteiger partial charge in [0.2, 0.25) is 0 Å². The number of fused-ring (bicyclic) bond motifs is 3. The molecule has 0 amide bonds. The van der Waals surface area contributed by atoms with E-state index in [1.54, 1.807) is 0 Å². The third kappa shape index (κ3) is 2.73. The fraction of sp³-hybridized carbons (Fsp3) is 0.381. The normalized spacial score (nSPS) is 21.8. The predicted octanol–water partition coefficient (Wildman–Crippen LogP) is 3.57. The van der Waals surface area contributed by atoms with E-state index in [0.29, 0.717) is 12.0 Å². The molecule has 0 saturated carbocycles. The average Bonchev–Trinajstić information content (AvgIpc) is 3.11. The second kappa shape index (κ2) is 6.40. The number of hydrogen-bond donors (Lipinski definition) is 0. The largest absolute Gasteiger partial charge is 0.309 e. The van der Waals surface area contributed by atoms with Crippen LogP contribution in [-0.2, 0) is 6.42 Å². The first-order chi connectivity index (χ1) is 11.7. The molecule has 2 unspecified atom stereocenters. The van der Waals surface area contributed by atoms with E-state index in [4.69, 9.17) is 5.10 Å². The summed E-state index contributed by atoms with van der Waals surface area (Å²) in [6, 6.07) is 20.0. The Hall–Kier alpha value is -2.13. The maximum Gasteiger partial charge on any atom is 0.0807 e. The first-order valence-electron chi connectivity index (χ1n) is 8.87. The van der Waals surface area contributed by atoms with Crippen molar-refractivity contribution in [1.82, 2.24) is 9.91 Å². The van der Waals surface area contributed by atoms with E-state index >= 15 is 0 Å². The van der Waals surface area contributed by atoms with Crippen LogP contribution < -0.4 is 0 Å². The second-order valence-electron chi connectivity index (χ2n) is 7.13. The molecule has 0 bridgehead atoms. The van der Waals surface area contributed by atoms with E-state index in [9.17, 15) is 0 Å². The summed E-state index contributed by atoms with van der Waals surface area (Å²) in [5.41, 5.74) is 5.50. The molecule has 0 fully saturated rings.